The van der Waals surface area contributed by atoms with Gasteiger partial charge in [0.1, 0.15) is 5.82 Å². The monoisotopic (exact) mass is 391 g/mol. The van der Waals surface area contributed by atoms with Crippen LogP contribution in [-0.4, -0.2) is 44.8 Å². The minimum atomic E-state index is -0.0395. The maximum atomic E-state index is 13.3. The highest BCUT2D eigenvalue weighted by molar-refractivity contribution is 5.94. The normalized spacial score (nSPS) is 16.1. The molecule has 7 heteroatoms. The van der Waals surface area contributed by atoms with E-state index in [4.69, 9.17) is 10.5 Å². The fourth-order valence-electron chi connectivity index (χ4n) is 3.59. The number of aryl methyl sites for hydroxylation is 1. The van der Waals surface area contributed by atoms with Crippen LogP contribution in [0, 0.1) is 6.92 Å². The summed E-state index contributed by atoms with van der Waals surface area (Å²) >= 11 is 0. The molecule has 4 rings (SSSR count). The van der Waals surface area contributed by atoms with Gasteiger partial charge in [-0.05, 0) is 56.2 Å². The summed E-state index contributed by atoms with van der Waals surface area (Å²) in [5.74, 6) is 0.527. The molecule has 1 saturated heterocycles. The molecule has 0 bridgehead atoms. The predicted molar refractivity (Wildman–Crippen MR) is 111 cm³/mol. The molecule has 1 aliphatic rings. The van der Waals surface area contributed by atoms with E-state index < -0.39 is 0 Å². The molecule has 1 amide bonds. The van der Waals surface area contributed by atoms with Crippen molar-refractivity contribution in [2.45, 2.75) is 32.4 Å². The van der Waals surface area contributed by atoms with E-state index in [0.29, 0.717) is 24.5 Å². The zero-order chi connectivity index (χ0) is 20.2. The van der Waals surface area contributed by atoms with Crippen LogP contribution in [-0.2, 0) is 11.3 Å². The zero-order valence-electron chi connectivity index (χ0n) is 16.5. The first-order chi connectivity index (χ1) is 14.1. The quantitative estimate of drug-likeness (QED) is 0.698. The number of carbonyl (C=O) groups excluding carboxylic acids is 1. The number of nitrogens with two attached hydrogens (primary N) is 1. The first kappa shape index (κ1) is 19.1. The molecule has 3 heterocycles. The number of rotatable bonds is 6. The summed E-state index contributed by atoms with van der Waals surface area (Å²) < 4.78 is 7.43. The van der Waals surface area contributed by atoms with E-state index in [0.717, 1.165) is 36.5 Å². The van der Waals surface area contributed by atoms with Gasteiger partial charge >= 0.3 is 0 Å². The highest BCUT2D eigenvalue weighted by Crippen LogP contribution is 2.19. The summed E-state index contributed by atoms with van der Waals surface area (Å²) in [7, 11) is 0. The molecule has 0 radical (unpaired) electrons. The molecule has 3 aromatic rings. The van der Waals surface area contributed by atoms with Gasteiger partial charge in [-0.1, -0.05) is 6.07 Å². The second-order valence-electron chi connectivity index (χ2n) is 7.31. The first-order valence-corrected chi connectivity index (χ1v) is 9.83. The van der Waals surface area contributed by atoms with Crippen LogP contribution in [0.15, 0.2) is 54.7 Å². The van der Waals surface area contributed by atoms with Crippen molar-refractivity contribution in [3.05, 3.63) is 71.7 Å². The molecule has 0 unspecified atom stereocenters. The van der Waals surface area contributed by atoms with Crippen LogP contribution in [0.5, 0.6) is 0 Å². The number of hydrogen-bond acceptors (Lipinski definition) is 5. The summed E-state index contributed by atoms with van der Waals surface area (Å²) in [6.45, 7) is 3.66. The Morgan fingerprint density at radius 3 is 2.72 bits per heavy atom. The lowest BCUT2D eigenvalue weighted by atomic mass is 10.1. The number of nitrogen functional groups attached to an aromatic ring is 1. The molecule has 1 atom stereocenters. The van der Waals surface area contributed by atoms with E-state index in [1.807, 2.05) is 60.4 Å². The van der Waals surface area contributed by atoms with Gasteiger partial charge in [-0.3, -0.25) is 9.78 Å². The van der Waals surface area contributed by atoms with E-state index in [9.17, 15) is 4.79 Å². The SMILES string of the molecule is Cc1cc(N)n(-c2ccc(C(=O)N(Cc3ccccn3)C[C@@H]3CCCO3)cc2)n1. The minimum absolute atomic E-state index is 0.0395. The molecule has 29 heavy (non-hydrogen) atoms. The zero-order valence-corrected chi connectivity index (χ0v) is 16.5. The van der Waals surface area contributed by atoms with Crippen molar-refractivity contribution in [1.82, 2.24) is 19.7 Å². The number of benzene rings is 1. The molecule has 7 nitrogen and oxygen atoms in total. The number of ether oxygens (including phenoxy) is 1. The van der Waals surface area contributed by atoms with Crippen molar-refractivity contribution in [3.63, 3.8) is 0 Å². The summed E-state index contributed by atoms with van der Waals surface area (Å²) in [6, 6.07) is 14.9. The van der Waals surface area contributed by atoms with Gasteiger partial charge in [0.05, 0.1) is 29.7 Å². The number of pyridine rings is 1. The van der Waals surface area contributed by atoms with Crippen LogP contribution >= 0.6 is 0 Å². The van der Waals surface area contributed by atoms with E-state index in [1.165, 1.54) is 0 Å². The highest BCUT2D eigenvalue weighted by Gasteiger charge is 2.24. The van der Waals surface area contributed by atoms with Crippen molar-refractivity contribution in [2.75, 3.05) is 18.9 Å². The molecule has 1 fully saturated rings. The molecule has 0 spiro atoms. The van der Waals surface area contributed by atoms with Crippen LogP contribution < -0.4 is 5.73 Å². The number of aromatic nitrogens is 3. The van der Waals surface area contributed by atoms with Crippen LogP contribution in [0.25, 0.3) is 5.69 Å². The second-order valence-corrected chi connectivity index (χ2v) is 7.31. The molecule has 1 aromatic carbocycles. The van der Waals surface area contributed by atoms with Crippen molar-refractivity contribution in [1.29, 1.82) is 0 Å². The van der Waals surface area contributed by atoms with E-state index >= 15 is 0 Å². The predicted octanol–water partition coefficient (Wildman–Crippen LogP) is 2.98. The van der Waals surface area contributed by atoms with Gasteiger partial charge in [-0.2, -0.15) is 5.10 Å². The molecule has 1 aliphatic heterocycles. The number of amides is 1. The summed E-state index contributed by atoms with van der Waals surface area (Å²) in [6.07, 6.45) is 3.84. The lowest BCUT2D eigenvalue weighted by Gasteiger charge is -2.25. The van der Waals surface area contributed by atoms with Crippen LogP contribution in [0.2, 0.25) is 0 Å². The molecular weight excluding hydrogens is 366 g/mol. The molecular formula is C22H25N5O2. The summed E-state index contributed by atoms with van der Waals surface area (Å²) in [5.41, 5.74) is 9.14. The third kappa shape index (κ3) is 4.46. The van der Waals surface area contributed by atoms with Crippen LogP contribution in [0.4, 0.5) is 5.82 Å². The Morgan fingerprint density at radius 1 is 1.28 bits per heavy atom. The number of anilines is 1. The lowest BCUT2D eigenvalue weighted by Crippen LogP contribution is -2.37. The molecule has 2 aromatic heterocycles. The lowest BCUT2D eigenvalue weighted by molar-refractivity contribution is 0.0504. The average Bonchev–Trinajstić information content (AvgIpc) is 3.37. The van der Waals surface area contributed by atoms with Crippen molar-refractivity contribution in [3.8, 4) is 5.69 Å². The van der Waals surface area contributed by atoms with Crippen molar-refractivity contribution >= 4 is 11.7 Å². The Hall–Kier alpha value is -3.19. The van der Waals surface area contributed by atoms with Gasteiger partial charge in [0, 0.05) is 31.0 Å². The Morgan fingerprint density at radius 2 is 2.10 bits per heavy atom. The number of carbonyl (C=O) groups is 1. The minimum Gasteiger partial charge on any atom is -0.384 e. The van der Waals surface area contributed by atoms with Gasteiger partial charge in [0.15, 0.2) is 0 Å². The summed E-state index contributed by atoms with van der Waals surface area (Å²) in [5, 5.41) is 4.39. The van der Waals surface area contributed by atoms with Crippen molar-refractivity contribution < 1.29 is 9.53 Å². The fourth-order valence-corrected chi connectivity index (χ4v) is 3.59. The van der Waals surface area contributed by atoms with Gasteiger partial charge in [0.25, 0.3) is 5.91 Å². The Bertz CT molecular complexity index is 963. The van der Waals surface area contributed by atoms with E-state index in [2.05, 4.69) is 10.1 Å². The maximum absolute atomic E-state index is 13.3. The van der Waals surface area contributed by atoms with E-state index in [1.54, 1.807) is 10.9 Å². The topological polar surface area (TPSA) is 86.3 Å². The highest BCUT2D eigenvalue weighted by atomic mass is 16.5. The maximum Gasteiger partial charge on any atom is 0.254 e. The van der Waals surface area contributed by atoms with E-state index in [-0.39, 0.29) is 12.0 Å². The molecule has 0 saturated carbocycles. The van der Waals surface area contributed by atoms with Gasteiger partial charge in [-0.15, -0.1) is 0 Å². The number of nitrogens with zero attached hydrogens (tertiary/aromatic N) is 4. The Labute approximate surface area is 170 Å². The third-order valence-corrected chi connectivity index (χ3v) is 5.03. The van der Waals surface area contributed by atoms with Crippen LogP contribution in [0.3, 0.4) is 0 Å². The largest absolute Gasteiger partial charge is 0.384 e. The second kappa shape index (κ2) is 8.45. The third-order valence-electron chi connectivity index (χ3n) is 5.03. The van der Waals surface area contributed by atoms with Crippen LogP contribution in [0.1, 0.15) is 34.6 Å². The summed E-state index contributed by atoms with van der Waals surface area (Å²) in [4.78, 5) is 19.4. The molecule has 2 N–H and O–H groups in total. The van der Waals surface area contributed by atoms with Gasteiger partial charge in [0.2, 0.25) is 0 Å². The molecule has 0 aliphatic carbocycles. The Kier molecular flexibility index (Phi) is 5.57. The Balaban J connectivity index is 1.55. The van der Waals surface area contributed by atoms with Gasteiger partial charge < -0.3 is 15.4 Å². The average molecular weight is 391 g/mol. The smallest absolute Gasteiger partial charge is 0.254 e. The standard InChI is InChI=1S/C22H25N5O2/c1-16-13-21(23)27(25-16)19-9-7-17(8-10-19)22(28)26(15-20-6-4-12-29-20)14-18-5-2-3-11-24-18/h2-3,5,7-11,13,20H,4,6,12,14-15,23H2,1H3/t20-/m0/s1. The van der Waals surface area contributed by atoms with Crippen molar-refractivity contribution in [2.24, 2.45) is 0 Å². The number of hydrogen-bond donors (Lipinski definition) is 1. The fraction of sp³-hybridized carbons (Fsp3) is 0.318. The molecule has 150 valence electrons. The van der Waals surface area contributed by atoms with Gasteiger partial charge in [-0.25, -0.2) is 4.68 Å². The first-order valence-electron chi connectivity index (χ1n) is 9.83.